The molecule has 0 amide bonds. The SMILES string of the molecule is CC(C)C(c1ccccc1)c1cccc(CO)c1. The molecule has 2 aromatic rings. The van der Waals surface area contributed by atoms with Crippen LogP contribution in [0.5, 0.6) is 0 Å². The van der Waals surface area contributed by atoms with Gasteiger partial charge in [0.25, 0.3) is 0 Å². The molecule has 0 bridgehead atoms. The number of aliphatic hydroxyl groups is 1. The van der Waals surface area contributed by atoms with E-state index in [9.17, 15) is 5.11 Å². The summed E-state index contributed by atoms with van der Waals surface area (Å²) < 4.78 is 0. The normalized spacial score (nSPS) is 12.7. The molecule has 0 aliphatic heterocycles. The molecule has 0 aliphatic rings. The highest BCUT2D eigenvalue weighted by molar-refractivity contribution is 5.35. The summed E-state index contributed by atoms with van der Waals surface area (Å²) in [5, 5.41) is 9.25. The van der Waals surface area contributed by atoms with E-state index in [1.165, 1.54) is 11.1 Å². The van der Waals surface area contributed by atoms with Crippen molar-refractivity contribution in [2.24, 2.45) is 5.92 Å². The van der Waals surface area contributed by atoms with Gasteiger partial charge in [0.15, 0.2) is 0 Å². The Labute approximate surface area is 109 Å². The van der Waals surface area contributed by atoms with E-state index in [0.29, 0.717) is 11.8 Å². The van der Waals surface area contributed by atoms with Gasteiger partial charge in [-0.3, -0.25) is 0 Å². The van der Waals surface area contributed by atoms with Crippen LogP contribution in [0.25, 0.3) is 0 Å². The Morgan fingerprint density at radius 1 is 0.889 bits per heavy atom. The first-order valence-electron chi connectivity index (χ1n) is 6.47. The van der Waals surface area contributed by atoms with Gasteiger partial charge in [-0.05, 0) is 22.6 Å². The van der Waals surface area contributed by atoms with E-state index in [2.05, 4.69) is 50.2 Å². The van der Waals surface area contributed by atoms with Crippen molar-refractivity contribution in [1.82, 2.24) is 0 Å². The molecular weight excluding hydrogens is 220 g/mol. The predicted octanol–water partition coefficient (Wildman–Crippen LogP) is 3.97. The van der Waals surface area contributed by atoms with Gasteiger partial charge < -0.3 is 5.11 Å². The lowest BCUT2D eigenvalue weighted by molar-refractivity contribution is 0.281. The molecule has 2 rings (SSSR count). The van der Waals surface area contributed by atoms with Crippen molar-refractivity contribution in [2.75, 3.05) is 0 Å². The van der Waals surface area contributed by atoms with E-state index < -0.39 is 0 Å². The number of benzene rings is 2. The number of hydrogen-bond acceptors (Lipinski definition) is 1. The first kappa shape index (κ1) is 12.8. The number of aliphatic hydroxyl groups excluding tert-OH is 1. The fourth-order valence-corrected chi connectivity index (χ4v) is 2.51. The van der Waals surface area contributed by atoms with Crippen LogP contribution >= 0.6 is 0 Å². The van der Waals surface area contributed by atoms with Crippen molar-refractivity contribution < 1.29 is 5.11 Å². The van der Waals surface area contributed by atoms with Gasteiger partial charge in [-0.15, -0.1) is 0 Å². The zero-order chi connectivity index (χ0) is 13.0. The molecule has 1 nitrogen and oxygen atoms in total. The molecule has 0 heterocycles. The quantitative estimate of drug-likeness (QED) is 0.857. The van der Waals surface area contributed by atoms with Crippen molar-refractivity contribution in [3.05, 3.63) is 71.3 Å². The van der Waals surface area contributed by atoms with E-state index in [1.807, 2.05) is 18.2 Å². The van der Waals surface area contributed by atoms with Gasteiger partial charge in [0.05, 0.1) is 6.61 Å². The van der Waals surface area contributed by atoms with Gasteiger partial charge in [0, 0.05) is 5.92 Å². The summed E-state index contributed by atoms with van der Waals surface area (Å²) in [6.07, 6.45) is 0. The van der Waals surface area contributed by atoms with Gasteiger partial charge in [-0.25, -0.2) is 0 Å². The van der Waals surface area contributed by atoms with Crippen molar-refractivity contribution in [2.45, 2.75) is 26.4 Å². The molecule has 18 heavy (non-hydrogen) atoms. The Kier molecular flexibility index (Phi) is 4.16. The van der Waals surface area contributed by atoms with Gasteiger partial charge in [0.1, 0.15) is 0 Å². The van der Waals surface area contributed by atoms with Crippen molar-refractivity contribution >= 4 is 0 Å². The summed E-state index contributed by atoms with van der Waals surface area (Å²) in [5.41, 5.74) is 3.60. The lowest BCUT2D eigenvalue weighted by atomic mass is 9.82. The smallest absolute Gasteiger partial charge is 0.0681 e. The molecule has 1 heteroatoms. The van der Waals surface area contributed by atoms with Crippen molar-refractivity contribution in [3.63, 3.8) is 0 Å². The van der Waals surface area contributed by atoms with E-state index >= 15 is 0 Å². The molecule has 94 valence electrons. The van der Waals surface area contributed by atoms with Crippen LogP contribution in [0.1, 0.15) is 36.5 Å². The summed E-state index contributed by atoms with van der Waals surface area (Å²) in [6.45, 7) is 4.58. The predicted molar refractivity (Wildman–Crippen MR) is 75.5 cm³/mol. The number of hydrogen-bond donors (Lipinski definition) is 1. The second-order valence-electron chi connectivity index (χ2n) is 5.04. The summed E-state index contributed by atoms with van der Waals surface area (Å²) in [4.78, 5) is 0. The molecule has 0 spiro atoms. The zero-order valence-corrected chi connectivity index (χ0v) is 11.0. The van der Waals surface area contributed by atoms with Gasteiger partial charge in [-0.2, -0.15) is 0 Å². The monoisotopic (exact) mass is 240 g/mol. The minimum atomic E-state index is 0.105. The van der Waals surface area contributed by atoms with Crippen LogP contribution in [0.4, 0.5) is 0 Å². The van der Waals surface area contributed by atoms with Gasteiger partial charge in [-0.1, -0.05) is 68.4 Å². The molecule has 2 aromatic carbocycles. The average molecular weight is 240 g/mol. The van der Waals surface area contributed by atoms with E-state index in [-0.39, 0.29) is 6.61 Å². The lowest BCUT2D eigenvalue weighted by Gasteiger charge is -2.22. The van der Waals surface area contributed by atoms with Crippen LogP contribution < -0.4 is 0 Å². The van der Waals surface area contributed by atoms with Gasteiger partial charge >= 0.3 is 0 Å². The fourth-order valence-electron chi connectivity index (χ4n) is 2.51. The van der Waals surface area contributed by atoms with Crippen LogP contribution in [0.3, 0.4) is 0 Å². The highest BCUT2D eigenvalue weighted by Crippen LogP contribution is 2.32. The molecule has 1 N–H and O–H groups in total. The van der Waals surface area contributed by atoms with E-state index in [4.69, 9.17) is 0 Å². The molecule has 0 radical (unpaired) electrons. The highest BCUT2D eigenvalue weighted by Gasteiger charge is 2.17. The first-order valence-corrected chi connectivity index (χ1v) is 6.47. The third-order valence-corrected chi connectivity index (χ3v) is 3.32. The summed E-state index contributed by atoms with van der Waals surface area (Å²) >= 11 is 0. The molecule has 1 atom stereocenters. The molecule has 0 aromatic heterocycles. The third-order valence-electron chi connectivity index (χ3n) is 3.32. The minimum Gasteiger partial charge on any atom is -0.392 e. The summed E-state index contributed by atoms with van der Waals surface area (Å²) in [5.74, 6) is 0.916. The zero-order valence-electron chi connectivity index (χ0n) is 11.0. The largest absolute Gasteiger partial charge is 0.392 e. The fraction of sp³-hybridized carbons (Fsp3) is 0.294. The molecule has 0 fully saturated rings. The molecule has 0 saturated heterocycles. The maximum atomic E-state index is 9.25. The lowest BCUT2D eigenvalue weighted by Crippen LogP contribution is -2.08. The van der Waals surface area contributed by atoms with Crippen molar-refractivity contribution in [1.29, 1.82) is 0 Å². The van der Waals surface area contributed by atoms with Gasteiger partial charge in [0.2, 0.25) is 0 Å². The molecule has 0 aliphatic carbocycles. The average Bonchev–Trinajstić information content (AvgIpc) is 2.40. The number of rotatable bonds is 4. The van der Waals surface area contributed by atoms with Crippen LogP contribution in [0.15, 0.2) is 54.6 Å². The van der Waals surface area contributed by atoms with Crippen LogP contribution in [-0.4, -0.2) is 5.11 Å². The first-order chi connectivity index (χ1) is 8.72. The summed E-state index contributed by atoms with van der Waals surface area (Å²) in [7, 11) is 0. The Hall–Kier alpha value is -1.60. The van der Waals surface area contributed by atoms with E-state index in [1.54, 1.807) is 0 Å². The van der Waals surface area contributed by atoms with Crippen molar-refractivity contribution in [3.8, 4) is 0 Å². The van der Waals surface area contributed by atoms with E-state index in [0.717, 1.165) is 5.56 Å². The van der Waals surface area contributed by atoms with Crippen LogP contribution in [0, 0.1) is 5.92 Å². The standard InChI is InChI=1S/C17H20O/c1-13(2)17(15-8-4-3-5-9-15)16-10-6-7-14(11-16)12-18/h3-11,13,17-18H,12H2,1-2H3. The Bertz CT molecular complexity index is 488. The molecular formula is C17H20O. The Balaban J connectivity index is 2.42. The van der Waals surface area contributed by atoms with Crippen LogP contribution in [-0.2, 0) is 6.61 Å². The second kappa shape index (κ2) is 5.83. The topological polar surface area (TPSA) is 20.2 Å². The van der Waals surface area contributed by atoms with Crippen LogP contribution in [0.2, 0.25) is 0 Å². The maximum absolute atomic E-state index is 9.25. The highest BCUT2D eigenvalue weighted by atomic mass is 16.3. The Morgan fingerprint density at radius 3 is 2.17 bits per heavy atom. The minimum absolute atomic E-state index is 0.105. The molecule has 1 unspecified atom stereocenters. The third kappa shape index (κ3) is 2.80. The molecule has 0 saturated carbocycles. The Morgan fingerprint density at radius 2 is 1.56 bits per heavy atom. The maximum Gasteiger partial charge on any atom is 0.0681 e. The summed E-state index contributed by atoms with van der Waals surface area (Å²) in [6, 6.07) is 18.8. The second-order valence-corrected chi connectivity index (χ2v) is 5.04.